The van der Waals surface area contributed by atoms with Crippen LogP contribution in [0.2, 0.25) is 5.02 Å². The number of hydrogen-bond acceptors (Lipinski definition) is 5. The first kappa shape index (κ1) is 18.6. The lowest BCUT2D eigenvalue weighted by molar-refractivity contribution is -0.120. The predicted molar refractivity (Wildman–Crippen MR) is 110 cm³/mol. The van der Waals surface area contributed by atoms with E-state index in [0.29, 0.717) is 34.9 Å². The van der Waals surface area contributed by atoms with Crippen molar-refractivity contribution in [3.05, 3.63) is 65.3 Å². The van der Waals surface area contributed by atoms with Crippen LogP contribution in [-0.4, -0.2) is 26.8 Å². The van der Waals surface area contributed by atoms with Gasteiger partial charge in [-0.15, -0.1) is 10.2 Å². The molecule has 2 N–H and O–H groups in total. The quantitative estimate of drug-likeness (QED) is 0.431. The summed E-state index contributed by atoms with van der Waals surface area (Å²) in [7, 11) is 0. The average Bonchev–Trinajstić information content (AvgIpc) is 3.34. The number of halogens is 1. The van der Waals surface area contributed by atoms with Gasteiger partial charge in [0.2, 0.25) is 5.91 Å². The Morgan fingerprint density at radius 3 is 2.86 bits per heavy atom. The Kier molecular flexibility index (Phi) is 5.64. The topological polar surface area (TPSA) is 83.8 Å². The highest BCUT2D eigenvalue weighted by molar-refractivity contribution is 7.99. The van der Waals surface area contributed by atoms with Crippen molar-refractivity contribution in [2.45, 2.75) is 18.2 Å². The Morgan fingerprint density at radius 1 is 1.14 bits per heavy atom. The van der Waals surface area contributed by atoms with E-state index in [-0.39, 0.29) is 5.91 Å². The Balaban J connectivity index is 1.29. The van der Waals surface area contributed by atoms with Crippen molar-refractivity contribution in [3.63, 3.8) is 0 Å². The van der Waals surface area contributed by atoms with E-state index in [1.807, 2.05) is 48.7 Å². The third-order valence-electron chi connectivity index (χ3n) is 4.21. The Bertz CT molecular complexity index is 1110. The van der Waals surface area contributed by atoms with Gasteiger partial charge in [0, 0.05) is 40.8 Å². The highest BCUT2D eigenvalue weighted by Crippen LogP contribution is 2.29. The van der Waals surface area contributed by atoms with Crippen LogP contribution in [0.15, 0.2) is 64.4 Å². The highest BCUT2D eigenvalue weighted by atomic mass is 35.5. The molecule has 0 bridgehead atoms. The molecule has 8 heteroatoms. The van der Waals surface area contributed by atoms with E-state index >= 15 is 0 Å². The summed E-state index contributed by atoms with van der Waals surface area (Å²) in [5.41, 5.74) is 2.78. The van der Waals surface area contributed by atoms with E-state index < -0.39 is 0 Å². The van der Waals surface area contributed by atoms with Gasteiger partial charge in [-0.05, 0) is 17.7 Å². The Labute approximate surface area is 170 Å². The zero-order valence-electron chi connectivity index (χ0n) is 14.8. The Hall–Kier alpha value is -2.77. The maximum absolute atomic E-state index is 12.0. The largest absolute Gasteiger partial charge is 0.411 e. The van der Waals surface area contributed by atoms with Gasteiger partial charge in [-0.3, -0.25) is 4.79 Å². The molecule has 142 valence electrons. The van der Waals surface area contributed by atoms with E-state index in [2.05, 4.69) is 20.5 Å². The van der Waals surface area contributed by atoms with Gasteiger partial charge in [0.25, 0.3) is 11.1 Å². The average molecular weight is 413 g/mol. The van der Waals surface area contributed by atoms with Crippen molar-refractivity contribution >= 4 is 40.2 Å². The summed E-state index contributed by atoms with van der Waals surface area (Å²) in [5.74, 6) is 0.955. The van der Waals surface area contributed by atoms with Gasteiger partial charge in [0.15, 0.2) is 0 Å². The molecular formula is C20H17ClN4O2S. The summed E-state index contributed by atoms with van der Waals surface area (Å²) < 4.78 is 5.73. The summed E-state index contributed by atoms with van der Waals surface area (Å²) in [5, 5.41) is 13.2. The number of amides is 1. The molecule has 2 aromatic heterocycles. The third-order valence-corrected chi connectivity index (χ3v) is 5.40. The van der Waals surface area contributed by atoms with Gasteiger partial charge in [-0.2, -0.15) is 0 Å². The number of fused-ring (bicyclic) bond motifs is 1. The number of para-hydroxylation sites is 1. The standard InChI is InChI=1S/C20H17ClN4O2S/c21-16-7-3-1-5-13(16)11-23-18(26)9-10-28-20-25-24-19(27-20)15-12-22-17-8-4-2-6-14(15)17/h1-8,12,22H,9-11H2,(H,23,26). The summed E-state index contributed by atoms with van der Waals surface area (Å²) in [6, 6.07) is 15.4. The van der Waals surface area contributed by atoms with E-state index in [0.717, 1.165) is 22.0 Å². The van der Waals surface area contributed by atoms with E-state index in [4.69, 9.17) is 16.0 Å². The maximum Gasteiger partial charge on any atom is 0.276 e. The van der Waals surface area contributed by atoms with Gasteiger partial charge in [-0.1, -0.05) is 59.8 Å². The molecule has 0 saturated carbocycles. The van der Waals surface area contributed by atoms with Crippen LogP contribution in [0.5, 0.6) is 0 Å². The minimum atomic E-state index is -0.0520. The molecule has 0 fully saturated rings. The number of nitrogens with zero attached hydrogens (tertiary/aromatic N) is 2. The Morgan fingerprint density at radius 2 is 1.96 bits per heavy atom. The molecule has 6 nitrogen and oxygen atoms in total. The number of nitrogens with one attached hydrogen (secondary N) is 2. The molecular weight excluding hydrogens is 396 g/mol. The van der Waals surface area contributed by atoms with Crippen molar-refractivity contribution in [2.75, 3.05) is 5.75 Å². The molecule has 0 atom stereocenters. The number of aromatic amines is 1. The number of carbonyl (C=O) groups is 1. The third kappa shape index (κ3) is 4.21. The zero-order valence-corrected chi connectivity index (χ0v) is 16.4. The van der Waals surface area contributed by atoms with Crippen LogP contribution >= 0.6 is 23.4 Å². The fraction of sp³-hybridized carbons (Fsp3) is 0.150. The minimum Gasteiger partial charge on any atom is -0.411 e. The predicted octanol–water partition coefficient (Wildman–Crippen LogP) is 4.67. The van der Waals surface area contributed by atoms with Crippen LogP contribution in [0.1, 0.15) is 12.0 Å². The van der Waals surface area contributed by atoms with Crippen LogP contribution in [0, 0.1) is 0 Å². The molecule has 0 unspecified atom stereocenters. The van der Waals surface area contributed by atoms with Crippen molar-refractivity contribution in [1.82, 2.24) is 20.5 Å². The first-order valence-electron chi connectivity index (χ1n) is 8.73. The maximum atomic E-state index is 12.0. The summed E-state index contributed by atoms with van der Waals surface area (Å²) in [4.78, 5) is 15.2. The van der Waals surface area contributed by atoms with Crippen molar-refractivity contribution in [2.24, 2.45) is 0 Å². The van der Waals surface area contributed by atoms with Gasteiger partial charge < -0.3 is 14.7 Å². The number of rotatable bonds is 7. The first-order chi connectivity index (χ1) is 13.7. The second-order valence-corrected chi connectivity index (χ2v) is 7.54. The number of hydrogen-bond donors (Lipinski definition) is 2. The molecule has 4 rings (SSSR count). The van der Waals surface area contributed by atoms with Crippen molar-refractivity contribution < 1.29 is 9.21 Å². The van der Waals surface area contributed by atoms with Crippen molar-refractivity contribution in [3.8, 4) is 11.5 Å². The number of aromatic nitrogens is 3. The molecule has 4 aromatic rings. The highest BCUT2D eigenvalue weighted by Gasteiger charge is 2.14. The molecule has 2 heterocycles. The fourth-order valence-corrected chi connectivity index (χ4v) is 3.68. The molecule has 2 aromatic carbocycles. The lowest BCUT2D eigenvalue weighted by Gasteiger charge is -2.06. The normalized spacial score (nSPS) is 11.0. The van der Waals surface area contributed by atoms with Crippen LogP contribution in [0.25, 0.3) is 22.4 Å². The van der Waals surface area contributed by atoms with Crippen LogP contribution in [0.4, 0.5) is 0 Å². The van der Waals surface area contributed by atoms with Crippen LogP contribution in [0.3, 0.4) is 0 Å². The second-order valence-electron chi connectivity index (χ2n) is 6.09. The molecule has 0 radical (unpaired) electrons. The van der Waals surface area contributed by atoms with E-state index in [9.17, 15) is 4.79 Å². The number of thioether (sulfide) groups is 1. The molecule has 0 saturated heterocycles. The number of carbonyl (C=O) groups excluding carboxylic acids is 1. The molecule has 0 aliphatic heterocycles. The van der Waals surface area contributed by atoms with Gasteiger partial charge in [-0.25, -0.2) is 0 Å². The van der Waals surface area contributed by atoms with Crippen LogP contribution < -0.4 is 5.32 Å². The number of benzene rings is 2. The molecule has 0 spiro atoms. The smallest absolute Gasteiger partial charge is 0.276 e. The molecule has 28 heavy (non-hydrogen) atoms. The summed E-state index contributed by atoms with van der Waals surface area (Å²) >= 11 is 7.45. The molecule has 0 aliphatic carbocycles. The van der Waals surface area contributed by atoms with Crippen molar-refractivity contribution in [1.29, 1.82) is 0 Å². The zero-order chi connectivity index (χ0) is 19.3. The van der Waals surface area contributed by atoms with E-state index in [1.165, 1.54) is 11.8 Å². The first-order valence-corrected chi connectivity index (χ1v) is 10.1. The molecule has 1 amide bonds. The molecule has 0 aliphatic rings. The summed E-state index contributed by atoms with van der Waals surface area (Å²) in [6.07, 6.45) is 2.20. The van der Waals surface area contributed by atoms with Crippen LogP contribution in [-0.2, 0) is 11.3 Å². The minimum absolute atomic E-state index is 0.0520. The van der Waals surface area contributed by atoms with E-state index in [1.54, 1.807) is 6.07 Å². The second kappa shape index (κ2) is 8.50. The lowest BCUT2D eigenvalue weighted by Crippen LogP contribution is -2.23. The monoisotopic (exact) mass is 412 g/mol. The fourth-order valence-electron chi connectivity index (χ4n) is 2.78. The number of H-pyrrole nitrogens is 1. The van der Waals surface area contributed by atoms with Gasteiger partial charge in [0.05, 0.1) is 5.56 Å². The summed E-state index contributed by atoms with van der Waals surface area (Å²) in [6.45, 7) is 0.411. The van der Waals surface area contributed by atoms with Gasteiger partial charge in [0.1, 0.15) is 0 Å². The lowest BCUT2D eigenvalue weighted by atomic mass is 10.2. The SMILES string of the molecule is O=C(CCSc1nnc(-c2c[nH]c3ccccc23)o1)NCc1ccccc1Cl. The van der Waals surface area contributed by atoms with Gasteiger partial charge >= 0.3 is 0 Å².